The van der Waals surface area contributed by atoms with E-state index in [0.29, 0.717) is 0 Å². The van der Waals surface area contributed by atoms with E-state index in [9.17, 15) is 4.79 Å². The van der Waals surface area contributed by atoms with Gasteiger partial charge in [-0.1, -0.05) is 0 Å². The van der Waals surface area contributed by atoms with Crippen LogP contribution in [0.25, 0.3) is 0 Å². The Balaban J connectivity index is 2.44. The number of aliphatic hydroxyl groups excluding tert-OH is 1. The Hall–Kier alpha value is -1.53. The molecule has 0 bridgehead atoms. The van der Waals surface area contributed by atoms with Crippen LogP contribution in [-0.4, -0.2) is 39.7 Å². The Labute approximate surface area is 87.5 Å². The number of nitrogens with two attached hydrogens (primary N) is 1. The van der Waals surface area contributed by atoms with Crippen LogP contribution in [0.4, 0.5) is 0 Å². The number of nitrogens with one attached hydrogen (secondary N) is 1. The third kappa shape index (κ3) is 3.61. The van der Waals surface area contributed by atoms with Crippen molar-refractivity contribution in [3.05, 3.63) is 24.3 Å². The van der Waals surface area contributed by atoms with Gasteiger partial charge in [-0.3, -0.25) is 9.78 Å². The molecule has 0 fully saturated rings. The molecular weight excluding hydrogens is 196 g/mol. The highest BCUT2D eigenvalue weighted by atomic mass is 16.3. The van der Waals surface area contributed by atoms with Gasteiger partial charge in [0.1, 0.15) is 5.69 Å². The van der Waals surface area contributed by atoms with Crippen molar-refractivity contribution in [1.29, 1.82) is 0 Å². The van der Waals surface area contributed by atoms with Gasteiger partial charge in [-0.2, -0.15) is 0 Å². The standard InChI is InChI=1S/C9H14N4O2/c1-6(14)7(10)4-13-9(15)8-5-11-2-3-12-8/h2-3,5-7,14H,4,10H2,1H3,(H,13,15). The summed E-state index contributed by atoms with van der Waals surface area (Å²) in [7, 11) is 0. The monoisotopic (exact) mass is 210 g/mol. The lowest BCUT2D eigenvalue weighted by atomic mass is 10.2. The fraction of sp³-hybridized carbons (Fsp3) is 0.444. The summed E-state index contributed by atoms with van der Waals surface area (Å²) >= 11 is 0. The molecule has 1 heterocycles. The van der Waals surface area contributed by atoms with E-state index in [1.807, 2.05) is 0 Å². The SMILES string of the molecule is CC(O)C(N)CNC(=O)c1cnccn1. The highest BCUT2D eigenvalue weighted by Gasteiger charge is 2.12. The van der Waals surface area contributed by atoms with Gasteiger partial charge < -0.3 is 16.2 Å². The summed E-state index contributed by atoms with van der Waals surface area (Å²) in [6, 6.07) is -0.481. The van der Waals surface area contributed by atoms with Crippen molar-refractivity contribution in [2.45, 2.75) is 19.1 Å². The number of carbonyl (C=O) groups is 1. The Kier molecular flexibility index (Phi) is 4.14. The Morgan fingerprint density at radius 1 is 1.67 bits per heavy atom. The predicted molar refractivity (Wildman–Crippen MR) is 54.0 cm³/mol. The van der Waals surface area contributed by atoms with Gasteiger partial charge in [0.15, 0.2) is 0 Å². The van der Waals surface area contributed by atoms with Gasteiger partial charge in [-0.25, -0.2) is 4.98 Å². The van der Waals surface area contributed by atoms with Crippen molar-refractivity contribution in [2.75, 3.05) is 6.54 Å². The average Bonchev–Trinajstić information content (AvgIpc) is 2.26. The molecule has 0 spiro atoms. The third-order valence-electron chi connectivity index (χ3n) is 1.91. The lowest BCUT2D eigenvalue weighted by Crippen LogP contribution is -2.43. The largest absolute Gasteiger partial charge is 0.392 e. The quantitative estimate of drug-likeness (QED) is 0.586. The van der Waals surface area contributed by atoms with Crippen LogP contribution in [0.2, 0.25) is 0 Å². The topological polar surface area (TPSA) is 101 Å². The summed E-state index contributed by atoms with van der Waals surface area (Å²) in [6.07, 6.45) is 3.62. The number of aliphatic hydroxyl groups is 1. The van der Waals surface area contributed by atoms with E-state index in [2.05, 4.69) is 15.3 Å². The van der Waals surface area contributed by atoms with E-state index in [1.54, 1.807) is 6.92 Å². The van der Waals surface area contributed by atoms with Crippen LogP contribution in [0, 0.1) is 0 Å². The first-order valence-corrected chi connectivity index (χ1v) is 4.59. The summed E-state index contributed by atoms with van der Waals surface area (Å²) in [4.78, 5) is 19.0. The second-order valence-corrected chi connectivity index (χ2v) is 3.21. The van der Waals surface area contributed by atoms with Gasteiger partial charge >= 0.3 is 0 Å². The van der Waals surface area contributed by atoms with Crippen LogP contribution in [-0.2, 0) is 0 Å². The molecule has 0 aromatic carbocycles. The number of rotatable bonds is 4. The molecule has 0 aliphatic heterocycles. The molecule has 1 aromatic rings. The first-order chi connectivity index (χ1) is 7.11. The maximum Gasteiger partial charge on any atom is 0.271 e. The van der Waals surface area contributed by atoms with Gasteiger partial charge in [0.05, 0.1) is 12.3 Å². The lowest BCUT2D eigenvalue weighted by Gasteiger charge is -2.14. The highest BCUT2D eigenvalue weighted by Crippen LogP contribution is 1.91. The molecule has 1 amide bonds. The van der Waals surface area contributed by atoms with Crippen LogP contribution in [0.1, 0.15) is 17.4 Å². The molecule has 0 saturated heterocycles. The maximum absolute atomic E-state index is 11.4. The molecule has 2 atom stereocenters. The summed E-state index contributed by atoms with van der Waals surface area (Å²) in [5.74, 6) is -0.348. The van der Waals surface area contributed by atoms with Gasteiger partial charge in [0.25, 0.3) is 5.91 Å². The number of aromatic nitrogens is 2. The average molecular weight is 210 g/mol. The van der Waals surface area contributed by atoms with Crippen LogP contribution in [0.15, 0.2) is 18.6 Å². The minimum Gasteiger partial charge on any atom is -0.392 e. The molecule has 0 saturated carbocycles. The van der Waals surface area contributed by atoms with Gasteiger partial charge in [-0.05, 0) is 6.92 Å². The zero-order chi connectivity index (χ0) is 11.3. The molecule has 4 N–H and O–H groups in total. The normalized spacial score (nSPS) is 14.3. The fourth-order valence-corrected chi connectivity index (χ4v) is 0.888. The molecular formula is C9H14N4O2. The van der Waals surface area contributed by atoms with Crippen LogP contribution < -0.4 is 11.1 Å². The molecule has 0 aliphatic rings. The lowest BCUT2D eigenvalue weighted by molar-refractivity contribution is 0.0932. The molecule has 1 aromatic heterocycles. The number of amides is 1. The van der Waals surface area contributed by atoms with E-state index in [0.717, 1.165) is 0 Å². The second-order valence-electron chi connectivity index (χ2n) is 3.21. The maximum atomic E-state index is 11.4. The van der Waals surface area contributed by atoms with Crippen molar-refractivity contribution < 1.29 is 9.90 Å². The molecule has 82 valence electrons. The number of hydrogen-bond acceptors (Lipinski definition) is 5. The number of nitrogens with zero attached hydrogens (tertiary/aromatic N) is 2. The summed E-state index contributed by atoms with van der Waals surface area (Å²) in [6.45, 7) is 1.77. The van der Waals surface area contributed by atoms with Crippen LogP contribution in [0.5, 0.6) is 0 Å². The predicted octanol–water partition coefficient (Wildman–Crippen LogP) is -1.09. The summed E-state index contributed by atoms with van der Waals surface area (Å²) in [5.41, 5.74) is 5.77. The molecule has 6 nitrogen and oxygen atoms in total. The summed E-state index contributed by atoms with van der Waals surface area (Å²) < 4.78 is 0. The first kappa shape index (κ1) is 11.5. The molecule has 1 rings (SSSR count). The molecule has 15 heavy (non-hydrogen) atoms. The number of hydrogen-bond donors (Lipinski definition) is 3. The van der Waals surface area contributed by atoms with E-state index in [-0.39, 0.29) is 18.1 Å². The van der Waals surface area contributed by atoms with Gasteiger partial charge in [0, 0.05) is 25.0 Å². The third-order valence-corrected chi connectivity index (χ3v) is 1.91. The molecule has 0 aliphatic carbocycles. The minimum absolute atomic E-state index is 0.201. The van der Waals surface area contributed by atoms with Crippen molar-refractivity contribution in [3.8, 4) is 0 Å². The van der Waals surface area contributed by atoms with Gasteiger partial charge in [0.2, 0.25) is 0 Å². The fourth-order valence-electron chi connectivity index (χ4n) is 0.888. The van der Waals surface area contributed by atoms with Crippen molar-refractivity contribution in [1.82, 2.24) is 15.3 Å². The van der Waals surface area contributed by atoms with Crippen molar-refractivity contribution >= 4 is 5.91 Å². The Morgan fingerprint density at radius 2 is 2.40 bits per heavy atom. The minimum atomic E-state index is -0.660. The van der Waals surface area contributed by atoms with Crippen LogP contribution >= 0.6 is 0 Å². The van der Waals surface area contributed by atoms with E-state index >= 15 is 0 Å². The smallest absolute Gasteiger partial charge is 0.271 e. The Morgan fingerprint density at radius 3 is 2.93 bits per heavy atom. The van der Waals surface area contributed by atoms with Crippen molar-refractivity contribution in [2.24, 2.45) is 5.73 Å². The van der Waals surface area contributed by atoms with E-state index in [4.69, 9.17) is 10.8 Å². The first-order valence-electron chi connectivity index (χ1n) is 4.59. The van der Waals surface area contributed by atoms with Gasteiger partial charge in [-0.15, -0.1) is 0 Å². The van der Waals surface area contributed by atoms with Crippen LogP contribution in [0.3, 0.4) is 0 Å². The molecule has 6 heteroatoms. The molecule has 2 unspecified atom stereocenters. The van der Waals surface area contributed by atoms with E-state index < -0.39 is 12.1 Å². The van der Waals surface area contributed by atoms with E-state index in [1.165, 1.54) is 18.6 Å². The second kappa shape index (κ2) is 5.38. The highest BCUT2D eigenvalue weighted by molar-refractivity contribution is 5.91. The Bertz CT molecular complexity index is 315. The molecule has 0 radical (unpaired) electrons. The number of carbonyl (C=O) groups excluding carboxylic acids is 1. The zero-order valence-electron chi connectivity index (χ0n) is 8.42. The zero-order valence-corrected chi connectivity index (χ0v) is 8.42. The summed E-state index contributed by atoms with van der Waals surface area (Å²) in [5, 5.41) is 11.7. The van der Waals surface area contributed by atoms with Crippen molar-refractivity contribution in [3.63, 3.8) is 0 Å².